The van der Waals surface area contributed by atoms with Crippen LogP contribution < -0.4 is 0 Å². The Hall–Kier alpha value is -2.84. The maximum atomic E-state index is 10.6. The summed E-state index contributed by atoms with van der Waals surface area (Å²) in [5.41, 5.74) is 1.48. The average Bonchev–Trinajstić information content (AvgIpc) is 2.59. The van der Waals surface area contributed by atoms with Gasteiger partial charge in [-0.25, -0.2) is 9.78 Å². The molecule has 0 fully saturated rings. The summed E-state index contributed by atoms with van der Waals surface area (Å²) >= 11 is 0. The minimum Gasteiger partial charge on any atom is -0.258 e. The molecule has 8 heteroatoms. The molecular formula is C16H16N2O6. The van der Waals surface area contributed by atoms with E-state index in [2.05, 4.69) is 0 Å². The van der Waals surface area contributed by atoms with E-state index in [1.165, 1.54) is 24.3 Å². The van der Waals surface area contributed by atoms with Crippen LogP contribution in [0.25, 0.3) is 0 Å². The summed E-state index contributed by atoms with van der Waals surface area (Å²) in [6.07, 6.45) is -0.849. The number of nitro groups is 2. The Morgan fingerprint density at radius 2 is 1.00 bits per heavy atom. The van der Waals surface area contributed by atoms with Crippen LogP contribution in [0, 0.1) is 20.2 Å². The smallest absolute Gasteiger partial charge is 0.258 e. The van der Waals surface area contributed by atoms with Crippen molar-refractivity contribution < 1.29 is 19.6 Å². The zero-order chi connectivity index (χ0) is 17.7. The highest BCUT2D eigenvalue weighted by Crippen LogP contribution is 2.25. The number of hydrogen-bond acceptors (Lipinski definition) is 6. The first-order valence-corrected chi connectivity index (χ1v) is 7.19. The maximum absolute atomic E-state index is 10.6. The molecule has 0 saturated carbocycles. The van der Waals surface area contributed by atoms with Crippen LogP contribution in [0.5, 0.6) is 0 Å². The SMILES string of the molecule is CC(OOC(C)c1ccc([N+](=O)[O-])cc1)c1ccc([N+](=O)[O-])cc1. The number of hydrogen-bond donors (Lipinski definition) is 0. The number of benzene rings is 2. The van der Waals surface area contributed by atoms with E-state index in [0.29, 0.717) is 0 Å². The van der Waals surface area contributed by atoms with Crippen molar-refractivity contribution in [2.24, 2.45) is 0 Å². The van der Waals surface area contributed by atoms with Crippen LogP contribution in [0.1, 0.15) is 37.2 Å². The van der Waals surface area contributed by atoms with Gasteiger partial charge in [0, 0.05) is 24.3 Å². The second-order valence-electron chi connectivity index (χ2n) is 5.17. The zero-order valence-corrected chi connectivity index (χ0v) is 13.1. The van der Waals surface area contributed by atoms with E-state index < -0.39 is 22.1 Å². The van der Waals surface area contributed by atoms with E-state index in [4.69, 9.17) is 9.78 Å². The van der Waals surface area contributed by atoms with Crippen molar-refractivity contribution in [3.8, 4) is 0 Å². The van der Waals surface area contributed by atoms with Crippen molar-refractivity contribution in [3.05, 3.63) is 79.9 Å². The van der Waals surface area contributed by atoms with E-state index in [1.54, 1.807) is 38.1 Å². The maximum Gasteiger partial charge on any atom is 0.269 e. The predicted octanol–water partition coefficient (Wildman–Crippen LogP) is 4.27. The summed E-state index contributed by atoms with van der Waals surface area (Å²) in [6, 6.07) is 12.0. The lowest BCUT2D eigenvalue weighted by molar-refractivity contribution is -0.385. The molecule has 0 heterocycles. The molecule has 0 aliphatic heterocycles. The van der Waals surface area contributed by atoms with Gasteiger partial charge < -0.3 is 0 Å². The van der Waals surface area contributed by atoms with Gasteiger partial charge in [0.15, 0.2) is 0 Å². The summed E-state index contributed by atoms with van der Waals surface area (Å²) in [7, 11) is 0. The molecule has 0 aromatic heterocycles. The second kappa shape index (κ2) is 7.62. The fourth-order valence-corrected chi connectivity index (χ4v) is 2.01. The molecule has 2 aromatic rings. The summed E-state index contributed by atoms with van der Waals surface area (Å²) in [4.78, 5) is 31.0. The van der Waals surface area contributed by atoms with E-state index in [9.17, 15) is 20.2 Å². The second-order valence-corrected chi connectivity index (χ2v) is 5.17. The lowest BCUT2D eigenvalue weighted by atomic mass is 10.1. The Balaban J connectivity index is 1.93. The highest BCUT2D eigenvalue weighted by molar-refractivity contribution is 5.34. The Bertz CT molecular complexity index is 651. The van der Waals surface area contributed by atoms with E-state index >= 15 is 0 Å². The first-order chi connectivity index (χ1) is 11.4. The van der Waals surface area contributed by atoms with Crippen molar-refractivity contribution in [1.82, 2.24) is 0 Å². The Morgan fingerprint density at radius 1 is 0.708 bits per heavy atom. The summed E-state index contributed by atoms with van der Waals surface area (Å²) in [5, 5.41) is 21.3. The van der Waals surface area contributed by atoms with Crippen LogP contribution in [0.2, 0.25) is 0 Å². The molecule has 0 N–H and O–H groups in total. The van der Waals surface area contributed by atoms with Crippen LogP contribution in [0.15, 0.2) is 48.5 Å². The van der Waals surface area contributed by atoms with Gasteiger partial charge in [-0.3, -0.25) is 20.2 Å². The molecule has 0 aliphatic rings. The molecule has 24 heavy (non-hydrogen) atoms. The molecule has 126 valence electrons. The Morgan fingerprint density at radius 3 is 1.25 bits per heavy atom. The fourth-order valence-electron chi connectivity index (χ4n) is 2.01. The molecule has 2 unspecified atom stereocenters. The monoisotopic (exact) mass is 332 g/mol. The highest BCUT2D eigenvalue weighted by Gasteiger charge is 2.14. The lowest BCUT2D eigenvalue weighted by Crippen LogP contribution is -2.05. The van der Waals surface area contributed by atoms with Gasteiger partial charge in [-0.05, 0) is 49.2 Å². The first kappa shape index (κ1) is 17.5. The molecule has 0 aliphatic carbocycles. The summed E-state index contributed by atoms with van der Waals surface area (Å²) in [6.45, 7) is 3.51. The van der Waals surface area contributed by atoms with Crippen molar-refractivity contribution in [3.63, 3.8) is 0 Å². The summed E-state index contributed by atoms with van der Waals surface area (Å²) < 4.78 is 0. The molecule has 0 amide bonds. The normalized spacial score (nSPS) is 13.2. The third-order valence-electron chi connectivity index (χ3n) is 3.49. The molecule has 0 radical (unpaired) electrons. The van der Waals surface area contributed by atoms with E-state index in [1.807, 2.05) is 0 Å². The van der Waals surface area contributed by atoms with Crippen molar-refractivity contribution in [2.45, 2.75) is 26.1 Å². The molecular weight excluding hydrogens is 316 g/mol. The minimum absolute atomic E-state index is 0.00566. The van der Waals surface area contributed by atoms with Crippen LogP contribution in [-0.4, -0.2) is 9.85 Å². The first-order valence-electron chi connectivity index (χ1n) is 7.19. The standard InChI is InChI=1S/C16H16N2O6/c1-11(13-3-7-15(8-4-13)17(19)20)23-24-12(2)14-5-9-16(10-6-14)18(21)22/h3-12H,1-2H3. The third-order valence-corrected chi connectivity index (χ3v) is 3.49. The van der Waals surface area contributed by atoms with Crippen molar-refractivity contribution in [2.75, 3.05) is 0 Å². The number of non-ortho nitro benzene ring substituents is 2. The zero-order valence-electron chi connectivity index (χ0n) is 13.1. The summed E-state index contributed by atoms with van der Waals surface area (Å²) in [5.74, 6) is 0. The van der Waals surface area contributed by atoms with Gasteiger partial charge in [-0.15, -0.1) is 0 Å². The molecule has 2 aromatic carbocycles. The number of nitrogens with zero attached hydrogens (tertiary/aromatic N) is 2. The van der Waals surface area contributed by atoms with Gasteiger partial charge in [0.1, 0.15) is 12.2 Å². The van der Waals surface area contributed by atoms with Crippen LogP contribution in [0.4, 0.5) is 11.4 Å². The van der Waals surface area contributed by atoms with Gasteiger partial charge in [-0.2, -0.15) is 0 Å². The van der Waals surface area contributed by atoms with Gasteiger partial charge >= 0.3 is 0 Å². The van der Waals surface area contributed by atoms with Crippen molar-refractivity contribution >= 4 is 11.4 Å². The highest BCUT2D eigenvalue weighted by atomic mass is 17.2. The Kier molecular flexibility index (Phi) is 5.56. The third kappa shape index (κ3) is 4.34. The van der Waals surface area contributed by atoms with E-state index in [-0.39, 0.29) is 11.4 Å². The van der Waals surface area contributed by atoms with E-state index in [0.717, 1.165) is 11.1 Å². The van der Waals surface area contributed by atoms with Crippen molar-refractivity contribution in [1.29, 1.82) is 0 Å². The van der Waals surface area contributed by atoms with Gasteiger partial charge in [0.25, 0.3) is 11.4 Å². The minimum atomic E-state index is -0.470. The molecule has 0 saturated heterocycles. The Labute approximate surface area is 137 Å². The quantitative estimate of drug-likeness (QED) is 0.426. The topological polar surface area (TPSA) is 105 Å². The molecule has 2 rings (SSSR count). The fraction of sp³-hybridized carbons (Fsp3) is 0.250. The largest absolute Gasteiger partial charge is 0.269 e. The van der Waals surface area contributed by atoms with Crippen LogP contribution >= 0.6 is 0 Å². The molecule has 0 bridgehead atoms. The molecule has 0 spiro atoms. The molecule has 8 nitrogen and oxygen atoms in total. The number of nitro benzene ring substituents is 2. The predicted molar refractivity (Wildman–Crippen MR) is 85.2 cm³/mol. The lowest BCUT2D eigenvalue weighted by Gasteiger charge is -2.16. The van der Waals surface area contributed by atoms with Crippen LogP contribution in [-0.2, 0) is 9.78 Å². The number of rotatable bonds is 7. The van der Waals surface area contributed by atoms with Gasteiger partial charge in [-0.1, -0.05) is 0 Å². The average molecular weight is 332 g/mol. The van der Waals surface area contributed by atoms with Gasteiger partial charge in [0.05, 0.1) is 9.85 Å². The van der Waals surface area contributed by atoms with Gasteiger partial charge in [0.2, 0.25) is 0 Å². The van der Waals surface area contributed by atoms with Crippen LogP contribution in [0.3, 0.4) is 0 Å². The molecule has 2 atom stereocenters.